The molecule has 0 bridgehead atoms. The van der Waals surface area contributed by atoms with Crippen molar-refractivity contribution in [3.8, 4) is 0 Å². The minimum Gasteiger partial charge on any atom is -0.376 e. The van der Waals surface area contributed by atoms with Gasteiger partial charge in [0, 0.05) is 35.1 Å². The first kappa shape index (κ1) is 21.0. The van der Waals surface area contributed by atoms with Crippen LogP contribution in [0.3, 0.4) is 0 Å². The predicted octanol–water partition coefficient (Wildman–Crippen LogP) is 3.08. The van der Waals surface area contributed by atoms with Crippen LogP contribution < -0.4 is 21.3 Å². The summed E-state index contributed by atoms with van der Waals surface area (Å²) in [6.07, 6.45) is 0. The van der Waals surface area contributed by atoms with E-state index in [4.69, 9.17) is 0 Å². The summed E-state index contributed by atoms with van der Waals surface area (Å²) in [4.78, 5) is 35.5. The van der Waals surface area contributed by atoms with E-state index in [2.05, 4.69) is 21.3 Å². The molecule has 28 heavy (non-hydrogen) atoms. The molecule has 0 aliphatic rings. The second-order valence-electron chi connectivity index (χ2n) is 6.56. The maximum Gasteiger partial charge on any atom is 0.251 e. The summed E-state index contributed by atoms with van der Waals surface area (Å²) in [5, 5.41) is 11.3. The highest BCUT2D eigenvalue weighted by molar-refractivity contribution is 5.96. The molecule has 0 atom stereocenters. The third kappa shape index (κ3) is 6.42. The van der Waals surface area contributed by atoms with Crippen molar-refractivity contribution in [3.05, 3.63) is 54.1 Å². The van der Waals surface area contributed by atoms with Crippen molar-refractivity contribution in [1.82, 2.24) is 5.32 Å². The Bertz CT molecular complexity index is 815. The fourth-order valence-electron chi connectivity index (χ4n) is 2.31. The van der Waals surface area contributed by atoms with E-state index in [-0.39, 0.29) is 30.2 Å². The zero-order valence-electron chi connectivity index (χ0n) is 16.3. The van der Waals surface area contributed by atoms with Gasteiger partial charge in [-0.1, -0.05) is 13.8 Å². The number of benzene rings is 2. The van der Waals surface area contributed by atoms with Gasteiger partial charge in [-0.3, -0.25) is 14.4 Å². The minimum atomic E-state index is -0.202. The molecule has 0 saturated heterocycles. The summed E-state index contributed by atoms with van der Waals surface area (Å²) in [5.41, 5.74) is 2.64. The van der Waals surface area contributed by atoms with E-state index >= 15 is 0 Å². The lowest BCUT2D eigenvalue weighted by Gasteiger charge is -2.10. The van der Waals surface area contributed by atoms with Gasteiger partial charge >= 0.3 is 0 Å². The Morgan fingerprint density at radius 1 is 0.821 bits per heavy atom. The van der Waals surface area contributed by atoms with Crippen LogP contribution in [-0.2, 0) is 9.59 Å². The number of hydrogen-bond donors (Lipinski definition) is 4. The van der Waals surface area contributed by atoms with Gasteiger partial charge in [0.05, 0.1) is 6.54 Å². The second-order valence-corrected chi connectivity index (χ2v) is 6.56. The summed E-state index contributed by atoms with van der Waals surface area (Å²) >= 11 is 0. The zero-order valence-corrected chi connectivity index (χ0v) is 16.3. The predicted molar refractivity (Wildman–Crippen MR) is 111 cm³/mol. The first-order chi connectivity index (χ1) is 13.4. The van der Waals surface area contributed by atoms with Gasteiger partial charge in [-0.25, -0.2) is 0 Å². The molecule has 0 radical (unpaired) electrons. The first-order valence-corrected chi connectivity index (χ1v) is 9.22. The van der Waals surface area contributed by atoms with Crippen LogP contribution in [0.5, 0.6) is 0 Å². The molecule has 0 saturated carbocycles. The lowest BCUT2D eigenvalue weighted by Crippen LogP contribution is -2.23. The Labute approximate surface area is 164 Å². The molecule has 2 rings (SSSR count). The van der Waals surface area contributed by atoms with Gasteiger partial charge in [0.25, 0.3) is 5.91 Å². The Morgan fingerprint density at radius 2 is 1.36 bits per heavy atom. The molecule has 3 amide bonds. The Hall–Kier alpha value is -3.35. The number of carbonyl (C=O) groups excluding carboxylic acids is 3. The van der Waals surface area contributed by atoms with Gasteiger partial charge in [0.2, 0.25) is 11.8 Å². The van der Waals surface area contributed by atoms with Crippen molar-refractivity contribution >= 4 is 34.8 Å². The van der Waals surface area contributed by atoms with Gasteiger partial charge in [-0.05, 0) is 55.5 Å². The van der Waals surface area contributed by atoms with Gasteiger partial charge in [0.1, 0.15) is 0 Å². The highest BCUT2D eigenvalue weighted by Gasteiger charge is 2.08. The number of rotatable bonds is 8. The molecule has 0 aromatic heterocycles. The summed E-state index contributed by atoms with van der Waals surface area (Å²) in [6, 6.07) is 13.9. The van der Waals surface area contributed by atoms with E-state index in [1.807, 2.05) is 20.8 Å². The summed E-state index contributed by atoms with van der Waals surface area (Å²) in [6.45, 7) is 6.17. The number of carbonyl (C=O) groups is 3. The van der Waals surface area contributed by atoms with Gasteiger partial charge in [0.15, 0.2) is 0 Å². The molecule has 148 valence electrons. The van der Waals surface area contributed by atoms with Gasteiger partial charge in [-0.2, -0.15) is 0 Å². The van der Waals surface area contributed by atoms with E-state index in [0.717, 1.165) is 5.69 Å². The number of hydrogen-bond acceptors (Lipinski definition) is 4. The lowest BCUT2D eigenvalue weighted by molar-refractivity contribution is -0.119. The molecule has 2 aromatic carbocycles. The van der Waals surface area contributed by atoms with Crippen molar-refractivity contribution in [2.45, 2.75) is 20.8 Å². The van der Waals surface area contributed by atoms with Crippen LogP contribution in [0.15, 0.2) is 48.5 Å². The maximum atomic E-state index is 12.1. The minimum absolute atomic E-state index is 0.0563. The standard InChI is InChI=1S/C21H26N4O3/c1-4-22-21(28)15-5-7-16(8-6-15)23-13-19(26)24-17-9-11-18(12-10-17)25-20(27)14(2)3/h5-12,14,23H,4,13H2,1-3H3,(H,22,28)(H,24,26)(H,25,27). The normalized spacial score (nSPS) is 10.3. The molecule has 0 spiro atoms. The third-order valence-electron chi connectivity index (χ3n) is 3.90. The highest BCUT2D eigenvalue weighted by atomic mass is 16.2. The Kier molecular flexibility index (Phi) is 7.56. The van der Waals surface area contributed by atoms with E-state index in [1.54, 1.807) is 48.5 Å². The maximum absolute atomic E-state index is 12.1. The van der Waals surface area contributed by atoms with E-state index in [9.17, 15) is 14.4 Å². The average Bonchev–Trinajstić information content (AvgIpc) is 2.68. The third-order valence-corrected chi connectivity index (χ3v) is 3.90. The molecule has 2 aromatic rings. The monoisotopic (exact) mass is 382 g/mol. The molecule has 0 unspecified atom stereocenters. The quantitative estimate of drug-likeness (QED) is 0.564. The van der Waals surface area contributed by atoms with Crippen LogP contribution in [0.4, 0.5) is 17.1 Å². The largest absolute Gasteiger partial charge is 0.376 e. The van der Waals surface area contributed by atoms with Crippen molar-refractivity contribution < 1.29 is 14.4 Å². The van der Waals surface area contributed by atoms with E-state index in [0.29, 0.717) is 23.5 Å². The SMILES string of the molecule is CCNC(=O)c1ccc(NCC(=O)Nc2ccc(NC(=O)C(C)C)cc2)cc1. The van der Waals surface area contributed by atoms with Crippen LogP contribution in [0.25, 0.3) is 0 Å². The number of anilines is 3. The number of amides is 3. The Balaban J connectivity index is 1.82. The lowest BCUT2D eigenvalue weighted by atomic mass is 10.2. The topological polar surface area (TPSA) is 99.3 Å². The van der Waals surface area contributed by atoms with Crippen LogP contribution in [0.2, 0.25) is 0 Å². The van der Waals surface area contributed by atoms with Crippen molar-refractivity contribution in [2.24, 2.45) is 5.92 Å². The van der Waals surface area contributed by atoms with Crippen LogP contribution in [0, 0.1) is 5.92 Å². The fraction of sp³-hybridized carbons (Fsp3) is 0.286. The highest BCUT2D eigenvalue weighted by Crippen LogP contribution is 2.15. The van der Waals surface area contributed by atoms with Crippen LogP contribution >= 0.6 is 0 Å². The van der Waals surface area contributed by atoms with E-state index < -0.39 is 0 Å². The molecule has 0 fully saturated rings. The smallest absolute Gasteiger partial charge is 0.251 e. The molecule has 0 aliphatic carbocycles. The summed E-state index contributed by atoms with van der Waals surface area (Å²) in [5.74, 6) is -0.480. The first-order valence-electron chi connectivity index (χ1n) is 9.22. The second kappa shape index (κ2) is 10.1. The molecule has 0 heterocycles. The van der Waals surface area contributed by atoms with Crippen molar-refractivity contribution in [2.75, 3.05) is 29.0 Å². The van der Waals surface area contributed by atoms with Crippen LogP contribution in [0.1, 0.15) is 31.1 Å². The molecule has 7 nitrogen and oxygen atoms in total. The molecular formula is C21H26N4O3. The van der Waals surface area contributed by atoms with Gasteiger partial charge < -0.3 is 21.3 Å². The summed E-state index contributed by atoms with van der Waals surface area (Å²) < 4.78 is 0. The molecule has 7 heteroatoms. The van der Waals surface area contributed by atoms with Gasteiger partial charge in [-0.15, -0.1) is 0 Å². The van der Waals surface area contributed by atoms with Crippen LogP contribution in [-0.4, -0.2) is 30.8 Å². The average molecular weight is 382 g/mol. The van der Waals surface area contributed by atoms with E-state index in [1.165, 1.54) is 0 Å². The molecule has 0 aliphatic heterocycles. The zero-order chi connectivity index (χ0) is 20.5. The Morgan fingerprint density at radius 3 is 1.89 bits per heavy atom. The number of nitrogens with one attached hydrogen (secondary N) is 4. The van der Waals surface area contributed by atoms with Crippen molar-refractivity contribution in [1.29, 1.82) is 0 Å². The molecular weight excluding hydrogens is 356 g/mol. The summed E-state index contributed by atoms with van der Waals surface area (Å²) in [7, 11) is 0. The fourth-order valence-corrected chi connectivity index (χ4v) is 2.31. The molecule has 4 N–H and O–H groups in total. The van der Waals surface area contributed by atoms with Crippen molar-refractivity contribution in [3.63, 3.8) is 0 Å².